The Morgan fingerprint density at radius 1 is 0.958 bits per heavy atom. The first-order valence-corrected chi connectivity index (χ1v) is 7.59. The van der Waals surface area contributed by atoms with Crippen molar-refractivity contribution in [2.24, 2.45) is 0 Å². The fraction of sp³-hybridized carbons (Fsp3) is 0. The Bertz CT molecular complexity index is 1020. The van der Waals surface area contributed by atoms with E-state index in [1.54, 1.807) is 24.5 Å². The number of carboxylic acid groups (broad SMARTS) is 1. The summed E-state index contributed by atoms with van der Waals surface area (Å²) >= 11 is 0. The molecule has 116 valence electrons. The molecule has 0 atom stereocenters. The van der Waals surface area contributed by atoms with E-state index in [1.807, 2.05) is 53.1 Å². The van der Waals surface area contributed by atoms with Crippen LogP contribution in [0.3, 0.4) is 0 Å². The molecule has 4 nitrogen and oxygen atoms in total. The molecule has 1 N–H and O–H groups in total. The van der Waals surface area contributed by atoms with E-state index in [-0.39, 0.29) is 5.56 Å². The number of hydrogen-bond acceptors (Lipinski definition) is 2. The lowest BCUT2D eigenvalue weighted by molar-refractivity contribution is 0.0697. The fourth-order valence-electron chi connectivity index (χ4n) is 2.92. The maximum absolute atomic E-state index is 11.3. The highest BCUT2D eigenvalue weighted by atomic mass is 16.4. The van der Waals surface area contributed by atoms with E-state index in [4.69, 9.17) is 0 Å². The van der Waals surface area contributed by atoms with E-state index < -0.39 is 5.97 Å². The van der Waals surface area contributed by atoms with Crippen LogP contribution in [0, 0.1) is 0 Å². The summed E-state index contributed by atoms with van der Waals surface area (Å²) in [5.74, 6) is -0.933. The van der Waals surface area contributed by atoms with E-state index in [0.29, 0.717) is 0 Å². The van der Waals surface area contributed by atoms with Crippen LogP contribution in [0.25, 0.3) is 27.8 Å². The number of benzene rings is 2. The number of aromatic carboxylic acids is 1. The van der Waals surface area contributed by atoms with Crippen molar-refractivity contribution in [3.8, 4) is 16.9 Å². The third-order valence-electron chi connectivity index (χ3n) is 4.03. The van der Waals surface area contributed by atoms with Gasteiger partial charge in [-0.15, -0.1) is 0 Å². The molecular weight excluding hydrogens is 300 g/mol. The maximum Gasteiger partial charge on any atom is 0.335 e. The van der Waals surface area contributed by atoms with Gasteiger partial charge in [-0.2, -0.15) is 0 Å². The van der Waals surface area contributed by atoms with Gasteiger partial charge in [-0.1, -0.05) is 36.4 Å². The normalized spacial score (nSPS) is 10.8. The lowest BCUT2D eigenvalue weighted by Crippen LogP contribution is -1.99. The highest BCUT2D eigenvalue weighted by Crippen LogP contribution is 2.31. The van der Waals surface area contributed by atoms with E-state index in [2.05, 4.69) is 11.1 Å². The van der Waals surface area contributed by atoms with Gasteiger partial charge >= 0.3 is 5.97 Å². The highest BCUT2D eigenvalue weighted by Gasteiger charge is 2.14. The summed E-state index contributed by atoms with van der Waals surface area (Å²) in [6.45, 7) is 0. The zero-order chi connectivity index (χ0) is 16.5. The van der Waals surface area contributed by atoms with Gasteiger partial charge in [-0.3, -0.25) is 4.98 Å². The first-order valence-electron chi connectivity index (χ1n) is 7.59. The van der Waals surface area contributed by atoms with Crippen LogP contribution < -0.4 is 0 Å². The summed E-state index contributed by atoms with van der Waals surface area (Å²) in [7, 11) is 0. The van der Waals surface area contributed by atoms with Crippen molar-refractivity contribution in [3.63, 3.8) is 0 Å². The topological polar surface area (TPSA) is 55.1 Å². The van der Waals surface area contributed by atoms with Gasteiger partial charge in [0.15, 0.2) is 0 Å². The van der Waals surface area contributed by atoms with Crippen molar-refractivity contribution in [1.29, 1.82) is 0 Å². The van der Waals surface area contributed by atoms with Crippen LogP contribution in [0.5, 0.6) is 0 Å². The first-order chi connectivity index (χ1) is 11.7. The molecule has 0 aliphatic carbocycles. The summed E-state index contributed by atoms with van der Waals surface area (Å²) in [5.41, 5.74) is 4.08. The lowest BCUT2D eigenvalue weighted by atomic mass is 10.1. The Kier molecular flexibility index (Phi) is 3.35. The Labute approximate surface area is 138 Å². The molecule has 0 bridgehead atoms. The average Bonchev–Trinajstić information content (AvgIpc) is 3.01. The monoisotopic (exact) mass is 314 g/mol. The molecule has 2 heterocycles. The minimum Gasteiger partial charge on any atom is -0.478 e. The van der Waals surface area contributed by atoms with Gasteiger partial charge in [0.1, 0.15) is 0 Å². The van der Waals surface area contributed by atoms with Crippen LogP contribution in [-0.2, 0) is 0 Å². The largest absolute Gasteiger partial charge is 0.478 e. The number of pyridine rings is 1. The molecule has 0 fully saturated rings. The summed E-state index contributed by atoms with van der Waals surface area (Å²) in [4.78, 5) is 15.6. The van der Waals surface area contributed by atoms with Crippen LogP contribution in [0.4, 0.5) is 0 Å². The smallest absolute Gasteiger partial charge is 0.335 e. The Balaban J connectivity index is 2.07. The molecular formula is C20H14N2O2. The SMILES string of the molecule is O=C(O)c1ccc2cc(-c3ccccc3)n(-c3cccnc3)c2c1. The summed E-state index contributed by atoms with van der Waals surface area (Å²) < 4.78 is 2.05. The minimum atomic E-state index is -0.933. The predicted molar refractivity (Wildman–Crippen MR) is 93.5 cm³/mol. The Hall–Kier alpha value is -3.40. The zero-order valence-electron chi connectivity index (χ0n) is 12.8. The second-order valence-electron chi connectivity index (χ2n) is 5.52. The van der Waals surface area contributed by atoms with Crippen LogP contribution in [-0.4, -0.2) is 20.6 Å². The standard InChI is InChI=1S/C20H14N2O2/c23-20(24)16-9-8-15-11-18(14-5-2-1-3-6-14)22(19(15)12-16)17-7-4-10-21-13-17/h1-13H,(H,23,24). The van der Waals surface area contributed by atoms with Gasteiger partial charge in [0, 0.05) is 11.6 Å². The Morgan fingerprint density at radius 3 is 2.50 bits per heavy atom. The molecule has 24 heavy (non-hydrogen) atoms. The van der Waals surface area contributed by atoms with Crippen molar-refractivity contribution in [3.05, 3.63) is 84.7 Å². The van der Waals surface area contributed by atoms with E-state index in [9.17, 15) is 9.90 Å². The molecule has 2 aromatic heterocycles. The number of carbonyl (C=O) groups is 1. The van der Waals surface area contributed by atoms with Gasteiger partial charge in [-0.05, 0) is 35.9 Å². The molecule has 0 saturated carbocycles. The number of aromatic nitrogens is 2. The fourth-order valence-corrected chi connectivity index (χ4v) is 2.92. The summed E-state index contributed by atoms with van der Waals surface area (Å²) in [5, 5.41) is 10.3. The molecule has 0 aliphatic rings. The molecule has 0 saturated heterocycles. The molecule has 2 aromatic carbocycles. The van der Waals surface area contributed by atoms with Gasteiger partial charge in [-0.25, -0.2) is 4.79 Å². The van der Waals surface area contributed by atoms with Gasteiger partial charge in [0.05, 0.1) is 28.7 Å². The second-order valence-corrected chi connectivity index (χ2v) is 5.52. The van der Waals surface area contributed by atoms with Crippen LogP contribution in [0.2, 0.25) is 0 Å². The average molecular weight is 314 g/mol. The number of fused-ring (bicyclic) bond motifs is 1. The van der Waals surface area contributed by atoms with E-state index >= 15 is 0 Å². The van der Waals surface area contributed by atoms with Crippen LogP contribution in [0.15, 0.2) is 79.1 Å². The van der Waals surface area contributed by atoms with Gasteiger partial charge in [0.2, 0.25) is 0 Å². The van der Waals surface area contributed by atoms with Crippen molar-refractivity contribution in [1.82, 2.24) is 9.55 Å². The molecule has 0 radical (unpaired) electrons. The minimum absolute atomic E-state index is 0.269. The molecule has 4 aromatic rings. The lowest BCUT2D eigenvalue weighted by Gasteiger charge is -2.11. The van der Waals surface area contributed by atoms with Crippen molar-refractivity contribution >= 4 is 16.9 Å². The number of carboxylic acids is 1. The molecule has 0 unspecified atom stereocenters. The summed E-state index contributed by atoms with van der Waals surface area (Å²) in [6, 6.07) is 21.1. The third kappa shape index (κ3) is 2.34. The third-order valence-corrected chi connectivity index (χ3v) is 4.03. The quantitative estimate of drug-likeness (QED) is 0.610. The maximum atomic E-state index is 11.3. The highest BCUT2D eigenvalue weighted by molar-refractivity contribution is 5.96. The van der Waals surface area contributed by atoms with E-state index in [0.717, 1.165) is 27.8 Å². The predicted octanol–water partition coefficient (Wildman–Crippen LogP) is 4.39. The van der Waals surface area contributed by atoms with Crippen molar-refractivity contribution in [2.45, 2.75) is 0 Å². The van der Waals surface area contributed by atoms with Crippen molar-refractivity contribution in [2.75, 3.05) is 0 Å². The number of hydrogen-bond donors (Lipinski definition) is 1. The molecule has 0 spiro atoms. The molecule has 4 heteroatoms. The zero-order valence-corrected chi connectivity index (χ0v) is 12.8. The van der Waals surface area contributed by atoms with Crippen LogP contribution in [0.1, 0.15) is 10.4 Å². The second kappa shape index (κ2) is 5.66. The van der Waals surface area contributed by atoms with Crippen LogP contribution >= 0.6 is 0 Å². The number of rotatable bonds is 3. The van der Waals surface area contributed by atoms with Gasteiger partial charge < -0.3 is 9.67 Å². The number of nitrogens with zero attached hydrogens (tertiary/aromatic N) is 2. The van der Waals surface area contributed by atoms with Crippen molar-refractivity contribution < 1.29 is 9.90 Å². The van der Waals surface area contributed by atoms with Gasteiger partial charge in [0.25, 0.3) is 0 Å². The Morgan fingerprint density at radius 2 is 1.79 bits per heavy atom. The first kappa shape index (κ1) is 14.2. The molecule has 0 amide bonds. The summed E-state index contributed by atoms with van der Waals surface area (Å²) in [6.07, 6.45) is 3.50. The molecule has 4 rings (SSSR count). The molecule has 0 aliphatic heterocycles. The van der Waals surface area contributed by atoms with E-state index in [1.165, 1.54) is 0 Å².